The van der Waals surface area contributed by atoms with Crippen molar-refractivity contribution in [3.63, 3.8) is 0 Å². The fourth-order valence-corrected chi connectivity index (χ4v) is 1.69. The third-order valence-electron chi connectivity index (χ3n) is 2.72. The number of aromatic nitrogens is 2. The molecule has 0 spiro atoms. The molecule has 0 fully saturated rings. The standard InChI is InChI=1S/C13H16FN3O2/c1-8(15)3-2-4-12-16-13(17-19-12)9-5-6-11(18)10(14)7-9/h5-8,18H,2-4,15H2,1H3. The van der Waals surface area contributed by atoms with Gasteiger partial charge in [0.15, 0.2) is 11.6 Å². The zero-order chi connectivity index (χ0) is 13.8. The van der Waals surface area contributed by atoms with Crippen LogP contribution in [0.5, 0.6) is 5.75 Å². The lowest BCUT2D eigenvalue weighted by atomic mass is 10.1. The number of phenolic OH excluding ortho intramolecular Hbond substituents is 1. The molecule has 5 nitrogen and oxygen atoms in total. The van der Waals surface area contributed by atoms with Crippen LogP contribution in [0.3, 0.4) is 0 Å². The molecule has 1 aromatic carbocycles. The molecule has 1 unspecified atom stereocenters. The minimum Gasteiger partial charge on any atom is -0.505 e. The lowest BCUT2D eigenvalue weighted by Gasteiger charge is -2.00. The van der Waals surface area contributed by atoms with Crippen molar-refractivity contribution < 1.29 is 14.0 Å². The van der Waals surface area contributed by atoms with E-state index in [4.69, 9.17) is 15.4 Å². The summed E-state index contributed by atoms with van der Waals surface area (Å²) in [5, 5.41) is 12.9. The first-order valence-corrected chi connectivity index (χ1v) is 6.13. The molecule has 0 radical (unpaired) electrons. The van der Waals surface area contributed by atoms with E-state index in [-0.39, 0.29) is 6.04 Å². The summed E-state index contributed by atoms with van der Waals surface area (Å²) in [6.07, 6.45) is 2.39. The molecular weight excluding hydrogens is 249 g/mol. The van der Waals surface area contributed by atoms with E-state index in [1.165, 1.54) is 18.2 Å². The van der Waals surface area contributed by atoms with Gasteiger partial charge in [-0.2, -0.15) is 4.98 Å². The summed E-state index contributed by atoms with van der Waals surface area (Å²) >= 11 is 0. The molecule has 1 heterocycles. The first-order valence-electron chi connectivity index (χ1n) is 6.13. The van der Waals surface area contributed by atoms with Crippen LogP contribution in [0.15, 0.2) is 22.7 Å². The predicted octanol–water partition coefficient (Wildman–Crippen LogP) is 2.25. The van der Waals surface area contributed by atoms with Crippen molar-refractivity contribution in [2.75, 3.05) is 0 Å². The van der Waals surface area contributed by atoms with Crippen LogP contribution >= 0.6 is 0 Å². The largest absolute Gasteiger partial charge is 0.505 e. The molecule has 0 aliphatic heterocycles. The Labute approximate surface area is 110 Å². The maximum atomic E-state index is 13.2. The van der Waals surface area contributed by atoms with E-state index >= 15 is 0 Å². The number of aryl methyl sites for hydroxylation is 1. The van der Waals surface area contributed by atoms with Crippen LogP contribution in [0.2, 0.25) is 0 Å². The number of hydrogen-bond donors (Lipinski definition) is 2. The average molecular weight is 265 g/mol. The van der Waals surface area contributed by atoms with Gasteiger partial charge in [-0.15, -0.1) is 0 Å². The van der Waals surface area contributed by atoms with Gasteiger partial charge in [0.2, 0.25) is 11.7 Å². The fraction of sp³-hybridized carbons (Fsp3) is 0.385. The zero-order valence-corrected chi connectivity index (χ0v) is 10.6. The van der Waals surface area contributed by atoms with E-state index in [1.54, 1.807) is 0 Å². The maximum Gasteiger partial charge on any atom is 0.226 e. The summed E-state index contributed by atoms with van der Waals surface area (Å²) in [4.78, 5) is 4.18. The Balaban J connectivity index is 2.05. The summed E-state index contributed by atoms with van der Waals surface area (Å²) in [6.45, 7) is 1.94. The number of hydrogen-bond acceptors (Lipinski definition) is 5. The predicted molar refractivity (Wildman–Crippen MR) is 67.9 cm³/mol. The first kappa shape index (κ1) is 13.5. The zero-order valence-electron chi connectivity index (χ0n) is 10.6. The number of aromatic hydroxyl groups is 1. The van der Waals surface area contributed by atoms with Crippen LogP contribution in [-0.4, -0.2) is 21.3 Å². The van der Waals surface area contributed by atoms with Crippen molar-refractivity contribution in [1.29, 1.82) is 0 Å². The molecule has 2 rings (SSSR count). The molecule has 2 aromatic rings. The number of halogens is 1. The second kappa shape index (κ2) is 5.79. The summed E-state index contributed by atoms with van der Waals surface area (Å²) < 4.78 is 18.3. The minimum atomic E-state index is -0.708. The highest BCUT2D eigenvalue weighted by molar-refractivity contribution is 5.55. The Kier molecular flexibility index (Phi) is 4.11. The molecule has 6 heteroatoms. The number of nitrogens with two attached hydrogens (primary N) is 1. The van der Waals surface area contributed by atoms with Crippen molar-refractivity contribution >= 4 is 0 Å². The van der Waals surface area contributed by atoms with Gasteiger partial charge in [0.1, 0.15) is 0 Å². The molecule has 0 aliphatic carbocycles. The third kappa shape index (κ3) is 3.51. The third-order valence-corrected chi connectivity index (χ3v) is 2.72. The van der Waals surface area contributed by atoms with E-state index < -0.39 is 11.6 Å². The summed E-state index contributed by atoms with van der Waals surface area (Å²) in [7, 11) is 0. The lowest BCUT2D eigenvalue weighted by Crippen LogP contribution is -2.14. The second-order valence-corrected chi connectivity index (χ2v) is 4.55. The molecule has 0 amide bonds. The smallest absolute Gasteiger partial charge is 0.226 e. The highest BCUT2D eigenvalue weighted by atomic mass is 19.1. The molecule has 0 bridgehead atoms. The molecule has 0 saturated heterocycles. The molecule has 1 atom stereocenters. The van der Waals surface area contributed by atoms with Crippen molar-refractivity contribution in [3.05, 3.63) is 29.9 Å². The molecule has 1 aromatic heterocycles. The molecule has 19 heavy (non-hydrogen) atoms. The SMILES string of the molecule is CC(N)CCCc1nc(-c2ccc(O)c(F)c2)no1. The van der Waals surface area contributed by atoms with Crippen molar-refractivity contribution in [1.82, 2.24) is 10.1 Å². The van der Waals surface area contributed by atoms with Gasteiger partial charge in [-0.25, -0.2) is 4.39 Å². The van der Waals surface area contributed by atoms with E-state index in [0.717, 1.165) is 12.8 Å². The van der Waals surface area contributed by atoms with E-state index in [1.807, 2.05) is 6.92 Å². The molecule has 102 valence electrons. The lowest BCUT2D eigenvalue weighted by molar-refractivity contribution is 0.373. The summed E-state index contributed by atoms with van der Waals surface area (Å²) in [5.41, 5.74) is 6.12. The first-order chi connectivity index (χ1) is 9.06. The van der Waals surface area contributed by atoms with E-state index in [9.17, 15) is 4.39 Å². The topological polar surface area (TPSA) is 85.2 Å². The highest BCUT2D eigenvalue weighted by Gasteiger charge is 2.11. The summed E-state index contributed by atoms with van der Waals surface area (Å²) in [5.74, 6) is -0.288. The summed E-state index contributed by atoms with van der Waals surface area (Å²) in [6, 6.07) is 4.12. The Morgan fingerprint density at radius 2 is 2.26 bits per heavy atom. The van der Waals surface area contributed by atoms with Gasteiger partial charge in [-0.3, -0.25) is 0 Å². The second-order valence-electron chi connectivity index (χ2n) is 4.55. The number of rotatable bonds is 5. The Bertz CT molecular complexity index is 555. The number of nitrogens with zero attached hydrogens (tertiary/aromatic N) is 2. The molecular formula is C13H16FN3O2. The van der Waals surface area contributed by atoms with Crippen LogP contribution in [0.4, 0.5) is 4.39 Å². The highest BCUT2D eigenvalue weighted by Crippen LogP contribution is 2.22. The average Bonchev–Trinajstić information content (AvgIpc) is 2.81. The van der Waals surface area contributed by atoms with Crippen molar-refractivity contribution in [3.8, 4) is 17.1 Å². The Morgan fingerprint density at radius 3 is 2.95 bits per heavy atom. The van der Waals surface area contributed by atoms with Gasteiger partial charge in [-0.1, -0.05) is 5.16 Å². The van der Waals surface area contributed by atoms with Crippen LogP contribution in [0.25, 0.3) is 11.4 Å². The van der Waals surface area contributed by atoms with Crippen LogP contribution < -0.4 is 5.73 Å². The van der Waals surface area contributed by atoms with Crippen LogP contribution in [-0.2, 0) is 6.42 Å². The Morgan fingerprint density at radius 1 is 1.47 bits per heavy atom. The maximum absolute atomic E-state index is 13.2. The van der Waals surface area contributed by atoms with Gasteiger partial charge >= 0.3 is 0 Å². The van der Waals surface area contributed by atoms with Crippen molar-refractivity contribution in [2.45, 2.75) is 32.2 Å². The fourth-order valence-electron chi connectivity index (χ4n) is 1.69. The van der Waals surface area contributed by atoms with Gasteiger partial charge in [-0.05, 0) is 38.0 Å². The van der Waals surface area contributed by atoms with Gasteiger partial charge < -0.3 is 15.4 Å². The minimum absolute atomic E-state index is 0.147. The van der Waals surface area contributed by atoms with Crippen molar-refractivity contribution in [2.24, 2.45) is 5.73 Å². The molecule has 3 N–H and O–H groups in total. The van der Waals surface area contributed by atoms with Crippen LogP contribution in [0.1, 0.15) is 25.7 Å². The van der Waals surface area contributed by atoms with Gasteiger partial charge in [0.05, 0.1) is 0 Å². The molecule has 0 saturated carbocycles. The van der Waals surface area contributed by atoms with E-state index in [0.29, 0.717) is 23.7 Å². The van der Waals surface area contributed by atoms with E-state index in [2.05, 4.69) is 10.1 Å². The van der Waals surface area contributed by atoms with Gasteiger partial charge in [0, 0.05) is 18.0 Å². The monoisotopic (exact) mass is 265 g/mol. The Hall–Kier alpha value is -1.95. The van der Waals surface area contributed by atoms with Gasteiger partial charge in [0.25, 0.3) is 0 Å². The van der Waals surface area contributed by atoms with Crippen LogP contribution in [0, 0.1) is 5.82 Å². The molecule has 0 aliphatic rings. The number of benzene rings is 1. The normalized spacial score (nSPS) is 12.6. The number of phenols is 1. The quantitative estimate of drug-likeness (QED) is 0.866.